The average molecular weight is 342 g/mol. The zero-order chi connectivity index (χ0) is 18.1. The SMILES string of the molecule is CC1(O)CC2=CC3C(=O)c4cccc(O)c4C(=O)C3C(O)=C2C(O)C1. The number of fused-ring (bicyclic) bond motifs is 3. The van der Waals surface area contributed by atoms with Gasteiger partial charge in [0.15, 0.2) is 11.6 Å². The van der Waals surface area contributed by atoms with Gasteiger partial charge < -0.3 is 20.4 Å². The van der Waals surface area contributed by atoms with Crippen molar-refractivity contribution in [1.29, 1.82) is 0 Å². The van der Waals surface area contributed by atoms with Crippen LogP contribution in [0.4, 0.5) is 0 Å². The van der Waals surface area contributed by atoms with Crippen molar-refractivity contribution in [2.45, 2.75) is 31.5 Å². The lowest BCUT2D eigenvalue weighted by atomic mass is 9.65. The molecule has 6 heteroatoms. The molecule has 3 aliphatic carbocycles. The Labute approximate surface area is 143 Å². The van der Waals surface area contributed by atoms with Crippen molar-refractivity contribution in [3.8, 4) is 5.75 Å². The highest BCUT2D eigenvalue weighted by Gasteiger charge is 2.50. The fourth-order valence-corrected chi connectivity index (χ4v) is 4.30. The van der Waals surface area contributed by atoms with Crippen molar-refractivity contribution in [3.05, 3.63) is 52.3 Å². The summed E-state index contributed by atoms with van der Waals surface area (Å²) in [5.41, 5.74) is -0.405. The summed E-state index contributed by atoms with van der Waals surface area (Å²) in [7, 11) is 0. The molecule has 4 unspecified atom stereocenters. The summed E-state index contributed by atoms with van der Waals surface area (Å²) < 4.78 is 0. The number of ketones is 2. The first-order chi connectivity index (χ1) is 11.7. The molecule has 4 atom stereocenters. The Balaban J connectivity index is 1.91. The Morgan fingerprint density at radius 2 is 1.88 bits per heavy atom. The number of Topliss-reactive ketones (excluding diaryl/α,β-unsaturated/α-hetero) is 2. The molecule has 6 nitrogen and oxygen atoms in total. The van der Waals surface area contributed by atoms with Crippen molar-refractivity contribution >= 4 is 11.6 Å². The molecule has 1 fully saturated rings. The fraction of sp³-hybridized carbons (Fsp3) is 0.368. The van der Waals surface area contributed by atoms with E-state index in [2.05, 4.69) is 0 Å². The molecule has 0 radical (unpaired) electrons. The van der Waals surface area contributed by atoms with Crippen LogP contribution in [0.5, 0.6) is 5.75 Å². The molecule has 0 bridgehead atoms. The molecule has 0 amide bonds. The van der Waals surface area contributed by atoms with Gasteiger partial charge >= 0.3 is 0 Å². The number of allylic oxidation sites excluding steroid dienone is 2. The third kappa shape index (κ3) is 2.18. The molecule has 4 N–H and O–H groups in total. The maximum Gasteiger partial charge on any atom is 0.178 e. The van der Waals surface area contributed by atoms with Gasteiger partial charge in [0.05, 0.1) is 29.1 Å². The van der Waals surface area contributed by atoms with Gasteiger partial charge in [-0.3, -0.25) is 9.59 Å². The first-order valence-corrected chi connectivity index (χ1v) is 8.16. The molecule has 25 heavy (non-hydrogen) atoms. The second kappa shape index (κ2) is 5.03. The van der Waals surface area contributed by atoms with Gasteiger partial charge in [-0.25, -0.2) is 0 Å². The predicted octanol–water partition coefficient (Wildman–Crippen LogP) is 1.66. The van der Waals surface area contributed by atoms with Crippen LogP contribution in [0, 0.1) is 11.8 Å². The van der Waals surface area contributed by atoms with E-state index in [1.807, 2.05) is 0 Å². The number of phenolic OH excluding ortho intramolecular Hbond substituents is 1. The van der Waals surface area contributed by atoms with E-state index in [0.717, 1.165) is 0 Å². The van der Waals surface area contributed by atoms with Gasteiger partial charge in [-0.05, 0) is 18.6 Å². The summed E-state index contributed by atoms with van der Waals surface area (Å²) in [6, 6.07) is 4.30. The first kappa shape index (κ1) is 16.1. The van der Waals surface area contributed by atoms with Gasteiger partial charge in [-0.2, -0.15) is 0 Å². The summed E-state index contributed by atoms with van der Waals surface area (Å²) in [4.78, 5) is 25.7. The van der Waals surface area contributed by atoms with Gasteiger partial charge in [0.1, 0.15) is 11.5 Å². The van der Waals surface area contributed by atoms with Crippen LogP contribution in [0.3, 0.4) is 0 Å². The number of phenols is 1. The van der Waals surface area contributed by atoms with Gasteiger partial charge in [0.25, 0.3) is 0 Å². The lowest BCUT2D eigenvalue weighted by molar-refractivity contribution is 0.000165. The van der Waals surface area contributed by atoms with Crippen LogP contribution in [-0.4, -0.2) is 43.7 Å². The number of aliphatic hydroxyl groups is 3. The van der Waals surface area contributed by atoms with Gasteiger partial charge in [-0.1, -0.05) is 18.2 Å². The first-order valence-electron chi connectivity index (χ1n) is 8.16. The second-order valence-corrected chi connectivity index (χ2v) is 7.32. The van der Waals surface area contributed by atoms with E-state index in [9.17, 15) is 30.0 Å². The maximum atomic E-state index is 12.9. The number of hydrogen-bond acceptors (Lipinski definition) is 6. The molecule has 0 spiro atoms. The Bertz CT molecular complexity index is 876. The van der Waals surface area contributed by atoms with Gasteiger partial charge in [0, 0.05) is 24.0 Å². The highest BCUT2D eigenvalue weighted by molar-refractivity contribution is 6.19. The lowest BCUT2D eigenvalue weighted by Crippen LogP contribution is -2.44. The van der Waals surface area contributed by atoms with Crippen molar-refractivity contribution in [1.82, 2.24) is 0 Å². The second-order valence-electron chi connectivity index (χ2n) is 7.32. The number of carbonyl (C=O) groups excluding carboxylic acids is 2. The van der Waals surface area contributed by atoms with Crippen molar-refractivity contribution in [2.24, 2.45) is 11.8 Å². The number of carbonyl (C=O) groups is 2. The van der Waals surface area contributed by atoms with Gasteiger partial charge in [-0.15, -0.1) is 0 Å². The largest absolute Gasteiger partial charge is 0.511 e. The third-order valence-electron chi connectivity index (χ3n) is 5.33. The van der Waals surface area contributed by atoms with E-state index in [1.54, 1.807) is 13.0 Å². The minimum Gasteiger partial charge on any atom is -0.511 e. The monoisotopic (exact) mass is 342 g/mol. The summed E-state index contributed by atoms with van der Waals surface area (Å²) in [6.45, 7) is 1.58. The maximum absolute atomic E-state index is 12.9. The number of rotatable bonds is 0. The molecule has 0 saturated heterocycles. The predicted molar refractivity (Wildman–Crippen MR) is 87.4 cm³/mol. The molecule has 4 rings (SSSR count). The van der Waals surface area contributed by atoms with Crippen molar-refractivity contribution < 1.29 is 30.0 Å². The van der Waals surface area contributed by atoms with E-state index < -0.39 is 29.3 Å². The average Bonchev–Trinajstić information content (AvgIpc) is 2.50. The van der Waals surface area contributed by atoms with Crippen molar-refractivity contribution in [3.63, 3.8) is 0 Å². The van der Waals surface area contributed by atoms with Crippen LogP contribution in [0.2, 0.25) is 0 Å². The van der Waals surface area contributed by atoms with E-state index in [4.69, 9.17) is 0 Å². The molecular formula is C19H18O6. The highest BCUT2D eigenvalue weighted by atomic mass is 16.3. The smallest absolute Gasteiger partial charge is 0.178 e. The van der Waals surface area contributed by atoms with Crippen LogP contribution in [0.25, 0.3) is 0 Å². The Hall–Kier alpha value is -2.44. The Morgan fingerprint density at radius 3 is 2.60 bits per heavy atom. The van der Waals surface area contributed by atoms with Crippen molar-refractivity contribution in [2.75, 3.05) is 0 Å². The summed E-state index contributed by atoms with van der Waals surface area (Å²) in [5, 5.41) is 41.3. The minimum atomic E-state index is -1.15. The van der Waals surface area contributed by atoms with Crippen LogP contribution in [0.1, 0.15) is 40.5 Å². The molecular weight excluding hydrogens is 324 g/mol. The number of hydrogen-bond donors (Lipinski definition) is 4. The molecule has 130 valence electrons. The third-order valence-corrected chi connectivity index (χ3v) is 5.33. The standard InChI is InChI=1S/C19H18O6/c1-19(25)6-8-5-10-15(17(23)13(8)12(21)7-19)18(24)14-9(16(10)22)3-2-4-11(14)20/h2-5,10,12,15,20-21,23,25H,6-7H2,1H3. The van der Waals surface area contributed by atoms with Crippen LogP contribution < -0.4 is 0 Å². The highest BCUT2D eigenvalue weighted by Crippen LogP contribution is 2.47. The van der Waals surface area contributed by atoms with E-state index >= 15 is 0 Å². The van der Waals surface area contributed by atoms with Crippen LogP contribution in [0.15, 0.2) is 41.2 Å². The lowest BCUT2D eigenvalue weighted by Gasteiger charge is -2.41. The molecule has 0 aromatic heterocycles. The van der Waals surface area contributed by atoms with E-state index in [0.29, 0.717) is 5.57 Å². The molecule has 0 aliphatic heterocycles. The summed E-state index contributed by atoms with van der Waals surface area (Å²) in [5.74, 6) is -3.59. The van der Waals surface area contributed by atoms with E-state index in [-0.39, 0.29) is 46.8 Å². The van der Waals surface area contributed by atoms with E-state index in [1.165, 1.54) is 18.2 Å². The fourth-order valence-electron chi connectivity index (χ4n) is 4.30. The quantitative estimate of drug-likeness (QED) is 0.570. The minimum absolute atomic E-state index is 0.0328. The number of benzene rings is 1. The topological polar surface area (TPSA) is 115 Å². The Kier molecular flexibility index (Phi) is 3.23. The zero-order valence-corrected chi connectivity index (χ0v) is 13.6. The molecule has 3 aliphatic rings. The molecule has 1 saturated carbocycles. The summed E-state index contributed by atoms with van der Waals surface area (Å²) in [6.07, 6.45) is 0.667. The molecule has 0 heterocycles. The zero-order valence-electron chi connectivity index (χ0n) is 13.6. The normalized spacial score (nSPS) is 34.2. The van der Waals surface area contributed by atoms with Crippen LogP contribution >= 0.6 is 0 Å². The number of aliphatic hydroxyl groups excluding tert-OH is 2. The summed E-state index contributed by atoms with van der Waals surface area (Å²) >= 11 is 0. The van der Waals surface area contributed by atoms with Crippen LogP contribution in [-0.2, 0) is 0 Å². The van der Waals surface area contributed by atoms with Gasteiger partial charge in [0.2, 0.25) is 0 Å². The molecule has 1 aromatic carbocycles. The number of aromatic hydroxyl groups is 1. The molecule has 1 aromatic rings. The Morgan fingerprint density at radius 1 is 1.16 bits per heavy atom.